The van der Waals surface area contributed by atoms with E-state index in [-0.39, 0.29) is 6.61 Å². The Kier molecular flexibility index (Phi) is 10.3. The molecule has 0 aliphatic heterocycles. The molecule has 0 spiro atoms. The van der Waals surface area contributed by atoms with Crippen molar-refractivity contribution in [2.45, 2.75) is 13.3 Å². The van der Waals surface area contributed by atoms with Crippen LogP contribution in [0.1, 0.15) is 13.3 Å². The summed E-state index contributed by atoms with van der Waals surface area (Å²) in [6, 6.07) is 0. The topological polar surface area (TPSA) is 35.9 Å². The van der Waals surface area contributed by atoms with Crippen molar-refractivity contribution in [3.63, 3.8) is 0 Å². The fourth-order valence-electron chi connectivity index (χ4n) is 1.35. The summed E-state index contributed by atoms with van der Waals surface area (Å²) in [5, 5.41) is 8.57. The largest absolute Gasteiger partial charge is 0.394 e. The van der Waals surface area contributed by atoms with E-state index in [0.29, 0.717) is 13.2 Å². The van der Waals surface area contributed by atoms with Crippen LogP contribution in [0.5, 0.6) is 0 Å². The molecule has 92 valence electrons. The number of aliphatic hydroxyl groups excluding tert-OH is 1. The maximum absolute atomic E-state index is 8.57. The third-order valence-electron chi connectivity index (χ3n) is 2.19. The first kappa shape index (κ1) is 14.8. The first-order valence-corrected chi connectivity index (χ1v) is 5.76. The summed E-state index contributed by atoms with van der Waals surface area (Å²) >= 11 is 0. The van der Waals surface area contributed by atoms with E-state index in [2.05, 4.69) is 30.8 Å². The van der Waals surface area contributed by atoms with Gasteiger partial charge in [0, 0.05) is 19.6 Å². The molecule has 0 rings (SSSR count). The molecule has 0 aromatic carbocycles. The lowest BCUT2D eigenvalue weighted by Crippen LogP contribution is -2.34. The van der Waals surface area contributed by atoms with Crippen LogP contribution in [0.3, 0.4) is 0 Å². The van der Waals surface area contributed by atoms with Crippen LogP contribution in [0.25, 0.3) is 0 Å². The van der Waals surface area contributed by atoms with Crippen molar-refractivity contribution < 1.29 is 9.84 Å². The molecule has 0 bridgehead atoms. The summed E-state index contributed by atoms with van der Waals surface area (Å²) < 4.78 is 5.26. The Bertz CT molecular complexity index is 132. The molecule has 0 radical (unpaired) electrons. The van der Waals surface area contributed by atoms with E-state index in [9.17, 15) is 0 Å². The van der Waals surface area contributed by atoms with Gasteiger partial charge in [0.2, 0.25) is 0 Å². The van der Waals surface area contributed by atoms with Crippen LogP contribution in [0.15, 0.2) is 0 Å². The normalized spacial score (nSPS) is 11.6. The molecule has 4 nitrogen and oxygen atoms in total. The molecule has 0 unspecified atom stereocenters. The van der Waals surface area contributed by atoms with Crippen LogP contribution in [0, 0.1) is 0 Å². The van der Waals surface area contributed by atoms with Crippen LogP contribution in [-0.2, 0) is 4.74 Å². The highest BCUT2D eigenvalue weighted by Crippen LogP contribution is 1.92. The van der Waals surface area contributed by atoms with E-state index in [1.54, 1.807) is 0 Å². The van der Waals surface area contributed by atoms with E-state index in [0.717, 1.165) is 26.2 Å². The summed E-state index contributed by atoms with van der Waals surface area (Å²) in [7, 11) is 4.18. The number of rotatable bonds is 10. The third-order valence-corrected chi connectivity index (χ3v) is 2.19. The molecular formula is C11H26N2O2. The van der Waals surface area contributed by atoms with Gasteiger partial charge in [-0.3, -0.25) is 4.90 Å². The second kappa shape index (κ2) is 10.4. The molecule has 0 aromatic rings. The number of hydrogen-bond donors (Lipinski definition) is 1. The number of likely N-dealkylation sites (N-methyl/N-ethyl adjacent to an activating group) is 1. The molecule has 0 saturated heterocycles. The van der Waals surface area contributed by atoms with Crippen molar-refractivity contribution in [3.05, 3.63) is 0 Å². The summed E-state index contributed by atoms with van der Waals surface area (Å²) in [6.45, 7) is 7.73. The van der Waals surface area contributed by atoms with Gasteiger partial charge in [0.1, 0.15) is 0 Å². The second-order valence-electron chi connectivity index (χ2n) is 3.98. The van der Waals surface area contributed by atoms with Crippen molar-refractivity contribution in [1.82, 2.24) is 9.80 Å². The fraction of sp³-hybridized carbons (Fsp3) is 1.00. The fourth-order valence-corrected chi connectivity index (χ4v) is 1.35. The minimum absolute atomic E-state index is 0.117. The second-order valence-corrected chi connectivity index (χ2v) is 3.98. The summed E-state index contributed by atoms with van der Waals surface area (Å²) in [5.74, 6) is 0. The first-order chi connectivity index (χ1) is 7.20. The minimum atomic E-state index is 0.117. The molecule has 15 heavy (non-hydrogen) atoms. The SMILES string of the molecule is CCCN(CCOCCO)CCN(C)C. The summed E-state index contributed by atoms with van der Waals surface area (Å²) in [4.78, 5) is 4.59. The number of hydrogen-bond acceptors (Lipinski definition) is 4. The molecule has 0 aromatic heterocycles. The Morgan fingerprint density at radius 1 is 1.00 bits per heavy atom. The number of aliphatic hydroxyl groups is 1. The predicted octanol–water partition coefficient (Wildman–Crippen LogP) is 0.269. The molecule has 0 heterocycles. The van der Waals surface area contributed by atoms with Crippen molar-refractivity contribution in [1.29, 1.82) is 0 Å². The van der Waals surface area contributed by atoms with Crippen molar-refractivity contribution >= 4 is 0 Å². The van der Waals surface area contributed by atoms with Gasteiger partial charge in [-0.15, -0.1) is 0 Å². The van der Waals surface area contributed by atoms with Gasteiger partial charge in [-0.05, 0) is 27.1 Å². The lowest BCUT2D eigenvalue weighted by atomic mass is 10.4. The average Bonchev–Trinajstić information content (AvgIpc) is 2.20. The molecule has 0 fully saturated rings. The summed E-state index contributed by atoms with van der Waals surface area (Å²) in [5.41, 5.74) is 0. The highest BCUT2D eigenvalue weighted by Gasteiger charge is 2.03. The van der Waals surface area contributed by atoms with Gasteiger partial charge >= 0.3 is 0 Å². The lowest BCUT2D eigenvalue weighted by Gasteiger charge is -2.23. The van der Waals surface area contributed by atoms with Crippen LogP contribution in [-0.4, -0.2) is 75.0 Å². The molecule has 4 heteroatoms. The Morgan fingerprint density at radius 3 is 2.27 bits per heavy atom. The Labute approximate surface area is 93.8 Å². The highest BCUT2D eigenvalue weighted by atomic mass is 16.5. The molecule has 0 aliphatic rings. The molecule has 0 atom stereocenters. The minimum Gasteiger partial charge on any atom is -0.394 e. The van der Waals surface area contributed by atoms with E-state index in [1.807, 2.05) is 0 Å². The Balaban J connectivity index is 3.53. The zero-order valence-corrected chi connectivity index (χ0v) is 10.4. The number of ether oxygens (including phenoxy) is 1. The standard InChI is InChI=1S/C11H26N2O2/c1-4-5-13(7-6-12(2)3)8-10-15-11-9-14/h14H,4-11H2,1-3H3. The van der Waals surface area contributed by atoms with E-state index in [1.165, 1.54) is 6.42 Å². The van der Waals surface area contributed by atoms with Gasteiger partial charge in [0.05, 0.1) is 19.8 Å². The smallest absolute Gasteiger partial charge is 0.0698 e. The quantitative estimate of drug-likeness (QED) is 0.534. The van der Waals surface area contributed by atoms with E-state index < -0.39 is 0 Å². The third kappa shape index (κ3) is 10.1. The van der Waals surface area contributed by atoms with Crippen LogP contribution >= 0.6 is 0 Å². The van der Waals surface area contributed by atoms with Gasteiger partial charge in [0.15, 0.2) is 0 Å². The van der Waals surface area contributed by atoms with Crippen molar-refractivity contribution in [2.75, 3.05) is 60.1 Å². The van der Waals surface area contributed by atoms with E-state index in [4.69, 9.17) is 9.84 Å². The number of nitrogens with zero attached hydrogens (tertiary/aromatic N) is 2. The van der Waals surface area contributed by atoms with Crippen LogP contribution < -0.4 is 0 Å². The predicted molar refractivity (Wildman–Crippen MR) is 63.2 cm³/mol. The molecular weight excluding hydrogens is 192 g/mol. The highest BCUT2D eigenvalue weighted by molar-refractivity contribution is 4.58. The first-order valence-electron chi connectivity index (χ1n) is 5.76. The van der Waals surface area contributed by atoms with Crippen molar-refractivity contribution in [2.24, 2.45) is 0 Å². The zero-order valence-electron chi connectivity index (χ0n) is 10.4. The molecule has 0 amide bonds. The maximum atomic E-state index is 8.57. The monoisotopic (exact) mass is 218 g/mol. The van der Waals surface area contributed by atoms with E-state index >= 15 is 0 Å². The average molecular weight is 218 g/mol. The van der Waals surface area contributed by atoms with Crippen LogP contribution in [0.2, 0.25) is 0 Å². The summed E-state index contributed by atoms with van der Waals surface area (Å²) in [6.07, 6.45) is 1.17. The van der Waals surface area contributed by atoms with Crippen molar-refractivity contribution in [3.8, 4) is 0 Å². The van der Waals surface area contributed by atoms with Gasteiger partial charge in [-0.2, -0.15) is 0 Å². The molecule has 0 aliphatic carbocycles. The van der Waals surface area contributed by atoms with Gasteiger partial charge in [-0.1, -0.05) is 6.92 Å². The van der Waals surface area contributed by atoms with Gasteiger partial charge in [0.25, 0.3) is 0 Å². The Morgan fingerprint density at radius 2 is 1.73 bits per heavy atom. The molecule has 0 saturated carbocycles. The maximum Gasteiger partial charge on any atom is 0.0698 e. The molecule has 1 N–H and O–H groups in total. The Hall–Kier alpha value is -0.160. The van der Waals surface area contributed by atoms with Gasteiger partial charge in [-0.25, -0.2) is 0 Å². The van der Waals surface area contributed by atoms with Crippen LogP contribution in [0.4, 0.5) is 0 Å². The zero-order chi connectivity index (χ0) is 11.5. The lowest BCUT2D eigenvalue weighted by molar-refractivity contribution is 0.0722. The van der Waals surface area contributed by atoms with Gasteiger partial charge < -0.3 is 14.7 Å².